The Kier molecular flexibility index (Phi) is 7.10. The SMILES string of the molecule is CCCCN(CC(N)c1ccc(F)c(F)c1)C(C)CC. The number of hydrogen-bond donors (Lipinski definition) is 1. The molecule has 0 aliphatic rings. The normalized spacial score (nSPS) is 14.6. The van der Waals surface area contributed by atoms with Gasteiger partial charge in [0, 0.05) is 18.6 Å². The standard InChI is InChI=1S/C16H26F2N2/c1-4-6-9-20(12(3)5-2)11-16(19)13-7-8-14(17)15(18)10-13/h7-8,10,12,16H,4-6,9,11,19H2,1-3H3. The molecule has 0 saturated carbocycles. The molecule has 0 radical (unpaired) electrons. The van der Waals surface area contributed by atoms with Crippen LogP contribution in [0.1, 0.15) is 51.6 Å². The van der Waals surface area contributed by atoms with E-state index < -0.39 is 11.6 Å². The lowest BCUT2D eigenvalue weighted by atomic mass is 10.1. The van der Waals surface area contributed by atoms with E-state index in [1.807, 2.05) is 0 Å². The molecule has 2 N–H and O–H groups in total. The Balaban J connectivity index is 2.73. The van der Waals surface area contributed by atoms with E-state index >= 15 is 0 Å². The molecule has 4 heteroatoms. The minimum absolute atomic E-state index is 0.295. The summed E-state index contributed by atoms with van der Waals surface area (Å²) in [6, 6.07) is 4.06. The second-order valence-electron chi connectivity index (χ2n) is 5.39. The second kappa shape index (κ2) is 8.32. The molecule has 0 aliphatic carbocycles. The van der Waals surface area contributed by atoms with Gasteiger partial charge in [-0.2, -0.15) is 0 Å². The van der Waals surface area contributed by atoms with Gasteiger partial charge in [-0.3, -0.25) is 4.90 Å². The summed E-state index contributed by atoms with van der Waals surface area (Å²) in [5.41, 5.74) is 6.80. The first kappa shape index (κ1) is 17.1. The molecule has 2 nitrogen and oxygen atoms in total. The summed E-state index contributed by atoms with van der Waals surface area (Å²) >= 11 is 0. The Morgan fingerprint density at radius 1 is 1.20 bits per heavy atom. The first-order valence-electron chi connectivity index (χ1n) is 7.44. The summed E-state index contributed by atoms with van der Waals surface area (Å²) in [7, 11) is 0. The highest BCUT2D eigenvalue weighted by Gasteiger charge is 2.17. The van der Waals surface area contributed by atoms with E-state index in [9.17, 15) is 8.78 Å². The van der Waals surface area contributed by atoms with Crippen LogP contribution >= 0.6 is 0 Å². The molecule has 0 fully saturated rings. The predicted octanol–water partition coefficient (Wildman–Crippen LogP) is 3.87. The third-order valence-corrected chi connectivity index (χ3v) is 3.82. The molecule has 1 aromatic carbocycles. The molecule has 2 atom stereocenters. The first-order valence-corrected chi connectivity index (χ1v) is 7.44. The Labute approximate surface area is 121 Å². The van der Waals surface area contributed by atoms with E-state index in [1.165, 1.54) is 6.07 Å². The summed E-state index contributed by atoms with van der Waals surface area (Å²) < 4.78 is 26.2. The minimum Gasteiger partial charge on any atom is -0.323 e. The van der Waals surface area contributed by atoms with Gasteiger partial charge in [-0.25, -0.2) is 8.78 Å². The largest absolute Gasteiger partial charge is 0.323 e. The Hall–Kier alpha value is -1.00. The molecule has 0 aromatic heterocycles. The minimum atomic E-state index is -0.832. The van der Waals surface area contributed by atoms with Crippen molar-refractivity contribution in [3.05, 3.63) is 35.4 Å². The highest BCUT2D eigenvalue weighted by atomic mass is 19.2. The lowest BCUT2D eigenvalue weighted by Crippen LogP contribution is -2.39. The Bertz CT molecular complexity index is 409. The summed E-state index contributed by atoms with van der Waals surface area (Å²) in [6.07, 6.45) is 3.30. The van der Waals surface area contributed by atoms with Crippen LogP contribution in [0.15, 0.2) is 18.2 Å². The molecule has 114 valence electrons. The maximum atomic E-state index is 13.3. The number of nitrogens with two attached hydrogens (primary N) is 1. The molecule has 1 rings (SSSR count). The van der Waals surface area contributed by atoms with Crippen molar-refractivity contribution < 1.29 is 8.78 Å². The summed E-state index contributed by atoms with van der Waals surface area (Å²) in [4.78, 5) is 2.33. The van der Waals surface area contributed by atoms with Gasteiger partial charge in [-0.1, -0.05) is 26.3 Å². The predicted molar refractivity (Wildman–Crippen MR) is 79.5 cm³/mol. The summed E-state index contributed by atoms with van der Waals surface area (Å²) in [5, 5.41) is 0. The van der Waals surface area contributed by atoms with Crippen molar-refractivity contribution in [3.63, 3.8) is 0 Å². The van der Waals surface area contributed by atoms with E-state index in [-0.39, 0.29) is 6.04 Å². The molecular weight excluding hydrogens is 258 g/mol. The van der Waals surface area contributed by atoms with E-state index in [1.54, 1.807) is 6.07 Å². The third-order valence-electron chi connectivity index (χ3n) is 3.82. The lowest BCUT2D eigenvalue weighted by Gasteiger charge is -2.31. The number of halogens is 2. The van der Waals surface area contributed by atoms with Crippen LogP contribution in [0.4, 0.5) is 8.78 Å². The first-order chi connectivity index (χ1) is 9.49. The average molecular weight is 284 g/mol. The van der Waals surface area contributed by atoms with Crippen molar-refractivity contribution in [2.45, 2.75) is 52.1 Å². The van der Waals surface area contributed by atoms with E-state index in [2.05, 4.69) is 25.7 Å². The van der Waals surface area contributed by atoms with Gasteiger partial charge < -0.3 is 5.73 Å². The van der Waals surface area contributed by atoms with Gasteiger partial charge in [0.15, 0.2) is 11.6 Å². The number of nitrogens with zero attached hydrogens (tertiary/aromatic N) is 1. The molecule has 20 heavy (non-hydrogen) atoms. The zero-order valence-electron chi connectivity index (χ0n) is 12.7. The van der Waals surface area contributed by atoms with Crippen molar-refractivity contribution in [1.82, 2.24) is 4.90 Å². The topological polar surface area (TPSA) is 29.3 Å². The molecule has 0 aliphatic heterocycles. The van der Waals surface area contributed by atoms with Crippen molar-refractivity contribution in [1.29, 1.82) is 0 Å². The van der Waals surface area contributed by atoms with Crippen LogP contribution in [0.2, 0.25) is 0 Å². The fourth-order valence-electron chi connectivity index (χ4n) is 2.21. The number of rotatable bonds is 8. The monoisotopic (exact) mass is 284 g/mol. The van der Waals surface area contributed by atoms with Gasteiger partial charge in [-0.05, 0) is 44.0 Å². The second-order valence-corrected chi connectivity index (χ2v) is 5.39. The molecule has 0 spiro atoms. The highest BCUT2D eigenvalue weighted by Crippen LogP contribution is 2.17. The zero-order chi connectivity index (χ0) is 15.1. The lowest BCUT2D eigenvalue weighted by molar-refractivity contribution is 0.189. The van der Waals surface area contributed by atoms with Gasteiger partial charge in [0.05, 0.1) is 0 Å². The molecule has 0 amide bonds. The van der Waals surface area contributed by atoms with Gasteiger partial charge in [0.2, 0.25) is 0 Å². The van der Waals surface area contributed by atoms with Crippen molar-refractivity contribution in [2.24, 2.45) is 5.73 Å². The van der Waals surface area contributed by atoms with E-state index in [0.717, 1.165) is 31.9 Å². The maximum Gasteiger partial charge on any atom is 0.159 e. The Morgan fingerprint density at radius 2 is 1.90 bits per heavy atom. The third kappa shape index (κ3) is 4.84. The van der Waals surface area contributed by atoms with Crippen LogP contribution < -0.4 is 5.73 Å². The summed E-state index contributed by atoms with van der Waals surface area (Å²) in [5.74, 6) is -1.66. The fourth-order valence-corrected chi connectivity index (χ4v) is 2.21. The molecule has 0 heterocycles. The van der Waals surface area contributed by atoms with Gasteiger partial charge in [0.1, 0.15) is 0 Å². The Morgan fingerprint density at radius 3 is 2.45 bits per heavy atom. The van der Waals surface area contributed by atoms with Gasteiger partial charge in [0.25, 0.3) is 0 Å². The maximum absolute atomic E-state index is 13.3. The van der Waals surface area contributed by atoms with Crippen LogP contribution in [0.3, 0.4) is 0 Å². The van der Waals surface area contributed by atoms with Crippen LogP contribution in [-0.2, 0) is 0 Å². The fraction of sp³-hybridized carbons (Fsp3) is 0.625. The number of unbranched alkanes of at least 4 members (excludes halogenated alkanes) is 1. The highest BCUT2D eigenvalue weighted by molar-refractivity contribution is 5.21. The van der Waals surface area contributed by atoms with E-state index in [4.69, 9.17) is 5.73 Å². The molecule has 2 unspecified atom stereocenters. The molecule has 0 saturated heterocycles. The smallest absolute Gasteiger partial charge is 0.159 e. The van der Waals surface area contributed by atoms with Gasteiger partial charge >= 0.3 is 0 Å². The van der Waals surface area contributed by atoms with Crippen LogP contribution in [-0.4, -0.2) is 24.0 Å². The molecule has 0 bridgehead atoms. The summed E-state index contributed by atoms with van der Waals surface area (Å²) in [6.45, 7) is 8.13. The van der Waals surface area contributed by atoms with Crippen LogP contribution in [0.5, 0.6) is 0 Å². The zero-order valence-corrected chi connectivity index (χ0v) is 12.7. The average Bonchev–Trinajstić information content (AvgIpc) is 2.45. The van der Waals surface area contributed by atoms with E-state index in [0.29, 0.717) is 18.2 Å². The van der Waals surface area contributed by atoms with Crippen molar-refractivity contribution >= 4 is 0 Å². The van der Waals surface area contributed by atoms with Gasteiger partial charge in [-0.15, -0.1) is 0 Å². The quantitative estimate of drug-likeness (QED) is 0.785. The van der Waals surface area contributed by atoms with Crippen molar-refractivity contribution in [2.75, 3.05) is 13.1 Å². The molecule has 1 aromatic rings. The van der Waals surface area contributed by atoms with Crippen LogP contribution in [0.25, 0.3) is 0 Å². The van der Waals surface area contributed by atoms with Crippen LogP contribution in [0, 0.1) is 11.6 Å². The molecular formula is C16H26F2N2. The number of benzene rings is 1. The van der Waals surface area contributed by atoms with Crippen molar-refractivity contribution in [3.8, 4) is 0 Å². The number of hydrogen-bond acceptors (Lipinski definition) is 2.